The fourth-order valence-electron chi connectivity index (χ4n) is 1.62. The maximum Gasteiger partial charge on any atom is 0.335 e. The Morgan fingerprint density at radius 2 is 2.00 bits per heavy atom. The topological polar surface area (TPSA) is 78.4 Å². The zero-order chi connectivity index (χ0) is 15.2. The molecule has 0 unspecified atom stereocenters. The molecule has 3 N–H and O–H groups in total. The number of amides is 2. The molecule has 1 rings (SSSR count). The normalized spacial score (nSPS) is 10.4. The molecule has 0 aliphatic carbocycles. The van der Waals surface area contributed by atoms with Crippen molar-refractivity contribution in [1.82, 2.24) is 10.6 Å². The van der Waals surface area contributed by atoms with Gasteiger partial charge in [0.1, 0.15) is 0 Å². The van der Waals surface area contributed by atoms with Crippen LogP contribution in [-0.4, -0.2) is 29.2 Å². The van der Waals surface area contributed by atoms with Crippen molar-refractivity contribution in [1.29, 1.82) is 0 Å². The van der Waals surface area contributed by atoms with Crippen LogP contribution in [0.4, 0.5) is 4.79 Å². The molecule has 1 aromatic carbocycles. The number of urea groups is 1. The Morgan fingerprint density at radius 1 is 1.35 bits per heavy atom. The highest BCUT2D eigenvalue weighted by Crippen LogP contribution is 2.09. The number of benzene rings is 1. The second-order valence-electron chi connectivity index (χ2n) is 4.86. The van der Waals surface area contributed by atoms with E-state index in [0.29, 0.717) is 18.5 Å². The van der Waals surface area contributed by atoms with Gasteiger partial charge in [-0.25, -0.2) is 9.59 Å². The first kappa shape index (κ1) is 15.6. The lowest BCUT2D eigenvalue weighted by molar-refractivity contribution is 0.0695. The Kier molecular flexibility index (Phi) is 5.15. The van der Waals surface area contributed by atoms with Gasteiger partial charge >= 0.3 is 12.0 Å². The largest absolute Gasteiger partial charge is 0.478 e. The summed E-state index contributed by atoms with van der Waals surface area (Å²) < 4.78 is 0. The highest BCUT2D eigenvalue weighted by Gasteiger charge is 2.16. The van der Waals surface area contributed by atoms with Crippen LogP contribution >= 0.6 is 0 Å². The van der Waals surface area contributed by atoms with Gasteiger partial charge in [-0.1, -0.05) is 24.1 Å². The zero-order valence-electron chi connectivity index (χ0n) is 11.6. The first-order valence-electron chi connectivity index (χ1n) is 6.20. The fraction of sp³-hybridized carbons (Fsp3) is 0.333. The number of terminal acetylenes is 1. The van der Waals surface area contributed by atoms with Crippen LogP contribution in [0.15, 0.2) is 24.3 Å². The third kappa shape index (κ3) is 4.65. The van der Waals surface area contributed by atoms with E-state index in [1.807, 2.05) is 0 Å². The number of hydrogen-bond acceptors (Lipinski definition) is 2. The number of carboxylic acid groups (broad SMARTS) is 1. The minimum atomic E-state index is -0.974. The van der Waals surface area contributed by atoms with Gasteiger partial charge in [-0.2, -0.15) is 0 Å². The molecule has 2 amide bonds. The van der Waals surface area contributed by atoms with Gasteiger partial charge in [0, 0.05) is 6.54 Å². The standard InChI is InChI=1S/C15H18N2O3/c1-4-15(2,3)17-14(20)16-10-9-11-7-5-6-8-12(11)13(18)19/h1,5-8H,9-10H2,2-3H3,(H,18,19)(H2,16,17,20). The highest BCUT2D eigenvalue weighted by atomic mass is 16.4. The summed E-state index contributed by atoms with van der Waals surface area (Å²) in [5.41, 5.74) is 0.207. The molecule has 0 saturated carbocycles. The first-order valence-corrected chi connectivity index (χ1v) is 6.20. The lowest BCUT2D eigenvalue weighted by atomic mass is 10.0. The SMILES string of the molecule is C#CC(C)(C)NC(=O)NCCc1ccccc1C(=O)O. The number of aromatic carboxylic acids is 1. The molecule has 5 heteroatoms. The molecule has 0 aromatic heterocycles. The van der Waals surface area contributed by atoms with Gasteiger partial charge < -0.3 is 15.7 Å². The summed E-state index contributed by atoms with van der Waals surface area (Å²) in [4.78, 5) is 22.6. The molecule has 0 saturated heterocycles. The van der Waals surface area contributed by atoms with Crippen LogP contribution in [0, 0.1) is 12.3 Å². The van der Waals surface area contributed by atoms with Crippen molar-refractivity contribution < 1.29 is 14.7 Å². The molecular weight excluding hydrogens is 256 g/mol. The van der Waals surface area contributed by atoms with Crippen LogP contribution in [-0.2, 0) is 6.42 Å². The van der Waals surface area contributed by atoms with Gasteiger partial charge in [0.2, 0.25) is 0 Å². The molecule has 0 aliphatic heterocycles. The van der Waals surface area contributed by atoms with Crippen molar-refractivity contribution in [2.75, 3.05) is 6.54 Å². The molecule has 0 bridgehead atoms. The van der Waals surface area contributed by atoms with Crippen LogP contribution in [0.2, 0.25) is 0 Å². The molecule has 0 radical (unpaired) electrons. The predicted octanol–water partition coefficient (Wildman–Crippen LogP) is 1.64. The summed E-state index contributed by atoms with van der Waals surface area (Å²) in [6.07, 6.45) is 5.71. The van der Waals surface area contributed by atoms with E-state index in [9.17, 15) is 9.59 Å². The lowest BCUT2D eigenvalue weighted by Crippen LogP contribution is -2.47. The van der Waals surface area contributed by atoms with Crippen LogP contribution in [0.3, 0.4) is 0 Å². The molecule has 0 spiro atoms. The van der Waals surface area contributed by atoms with E-state index in [2.05, 4.69) is 16.6 Å². The molecule has 106 valence electrons. The molecule has 0 aliphatic rings. The van der Waals surface area contributed by atoms with E-state index in [-0.39, 0.29) is 11.6 Å². The molecule has 0 fully saturated rings. The maximum atomic E-state index is 11.6. The van der Waals surface area contributed by atoms with E-state index in [1.54, 1.807) is 38.1 Å². The van der Waals surface area contributed by atoms with Gasteiger partial charge in [0.15, 0.2) is 0 Å². The molecule has 20 heavy (non-hydrogen) atoms. The smallest absolute Gasteiger partial charge is 0.335 e. The Balaban J connectivity index is 2.52. The second-order valence-corrected chi connectivity index (χ2v) is 4.86. The average Bonchev–Trinajstić information content (AvgIpc) is 2.38. The third-order valence-corrected chi connectivity index (χ3v) is 2.71. The third-order valence-electron chi connectivity index (χ3n) is 2.71. The Morgan fingerprint density at radius 3 is 2.60 bits per heavy atom. The fourth-order valence-corrected chi connectivity index (χ4v) is 1.62. The van der Waals surface area contributed by atoms with E-state index in [0.717, 1.165) is 0 Å². The monoisotopic (exact) mass is 274 g/mol. The predicted molar refractivity (Wildman–Crippen MR) is 76.6 cm³/mol. The Labute approximate surface area is 118 Å². The van der Waals surface area contributed by atoms with Crippen molar-refractivity contribution in [2.24, 2.45) is 0 Å². The van der Waals surface area contributed by atoms with Gasteiger partial charge in [-0.3, -0.25) is 0 Å². The van der Waals surface area contributed by atoms with Crippen molar-refractivity contribution in [3.05, 3.63) is 35.4 Å². The van der Waals surface area contributed by atoms with Crippen molar-refractivity contribution >= 4 is 12.0 Å². The summed E-state index contributed by atoms with van der Waals surface area (Å²) in [5.74, 6) is 1.48. The Bertz CT molecular complexity index is 544. The maximum absolute atomic E-state index is 11.6. The number of carbonyl (C=O) groups is 2. The van der Waals surface area contributed by atoms with Crippen molar-refractivity contribution in [3.63, 3.8) is 0 Å². The first-order chi connectivity index (χ1) is 9.35. The molecule has 0 atom stereocenters. The summed E-state index contributed by atoms with van der Waals surface area (Å²) in [6.45, 7) is 3.76. The van der Waals surface area contributed by atoms with E-state index < -0.39 is 11.5 Å². The second kappa shape index (κ2) is 6.62. The van der Waals surface area contributed by atoms with Crippen LogP contribution in [0.1, 0.15) is 29.8 Å². The van der Waals surface area contributed by atoms with Crippen molar-refractivity contribution in [3.8, 4) is 12.3 Å². The van der Waals surface area contributed by atoms with Gasteiger partial charge in [0.25, 0.3) is 0 Å². The summed E-state index contributed by atoms with van der Waals surface area (Å²) in [7, 11) is 0. The van der Waals surface area contributed by atoms with E-state index in [1.165, 1.54) is 0 Å². The van der Waals surface area contributed by atoms with Gasteiger partial charge in [0.05, 0.1) is 11.1 Å². The highest BCUT2D eigenvalue weighted by molar-refractivity contribution is 5.89. The summed E-state index contributed by atoms with van der Waals surface area (Å²) >= 11 is 0. The van der Waals surface area contributed by atoms with Gasteiger partial charge in [-0.15, -0.1) is 6.42 Å². The molecule has 1 aromatic rings. The van der Waals surface area contributed by atoms with E-state index in [4.69, 9.17) is 11.5 Å². The minimum Gasteiger partial charge on any atom is -0.478 e. The van der Waals surface area contributed by atoms with Crippen LogP contribution < -0.4 is 10.6 Å². The quantitative estimate of drug-likeness (QED) is 0.714. The number of nitrogens with one attached hydrogen (secondary N) is 2. The van der Waals surface area contributed by atoms with Crippen LogP contribution in [0.25, 0.3) is 0 Å². The Hall–Kier alpha value is -2.48. The molecule has 5 nitrogen and oxygen atoms in total. The summed E-state index contributed by atoms with van der Waals surface area (Å²) in [5, 5.41) is 14.3. The van der Waals surface area contributed by atoms with Crippen LogP contribution in [0.5, 0.6) is 0 Å². The lowest BCUT2D eigenvalue weighted by Gasteiger charge is -2.19. The van der Waals surface area contributed by atoms with Crippen molar-refractivity contribution in [2.45, 2.75) is 25.8 Å². The molecular formula is C15H18N2O3. The van der Waals surface area contributed by atoms with E-state index >= 15 is 0 Å². The number of hydrogen-bond donors (Lipinski definition) is 3. The average molecular weight is 274 g/mol. The zero-order valence-corrected chi connectivity index (χ0v) is 11.6. The number of rotatable bonds is 5. The minimum absolute atomic E-state index is 0.249. The summed E-state index contributed by atoms with van der Waals surface area (Å²) in [6, 6.07) is 6.33. The number of carbonyl (C=O) groups excluding carboxylic acids is 1. The van der Waals surface area contributed by atoms with Gasteiger partial charge in [-0.05, 0) is 31.9 Å². The molecule has 0 heterocycles. The number of carboxylic acids is 1.